The number of aliphatic hydroxyl groups is 1. The molecule has 0 atom stereocenters. The van der Waals surface area contributed by atoms with Crippen molar-refractivity contribution in [3.8, 4) is 0 Å². The summed E-state index contributed by atoms with van der Waals surface area (Å²) in [6.07, 6.45) is -0.718. The first-order valence-corrected chi connectivity index (χ1v) is 6.14. The van der Waals surface area contributed by atoms with Gasteiger partial charge in [-0.1, -0.05) is 24.3 Å². The third kappa shape index (κ3) is 3.68. The third-order valence-corrected chi connectivity index (χ3v) is 2.92. The lowest BCUT2D eigenvalue weighted by Gasteiger charge is -2.21. The van der Waals surface area contributed by atoms with Crippen LogP contribution in [-0.2, 0) is 6.54 Å². The van der Waals surface area contributed by atoms with E-state index in [1.165, 1.54) is 4.90 Å². The fourth-order valence-corrected chi connectivity index (χ4v) is 2.11. The van der Waals surface area contributed by atoms with Crippen LogP contribution in [0.3, 0.4) is 0 Å². The Bertz CT molecular complexity index is 528. The zero-order chi connectivity index (χ0) is 13.7. The molecule has 0 spiro atoms. The van der Waals surface area contributed by atoms with Crippen molar-refractivity contribution < 1.29 is 13.9 Å². The Morgan fingerprint density at radius 2 is 2.00 bits per heavy atom. The highest BCUT2D eigenvalue weighted by Gasteiger charge is 2.13. The lowest BCUT2D eigenvalue weighted by molar-refractivity contribution is 0.0748. The first-order chi connectivity index (χ1) is 9.20. The Kier molecular flexibility index (Phi) is 4.76. The maximum atomic E-state index is 12.5. The average Bonchev–Trinajstić information content (AvgIpc) is 2.39. The molecule has 1 N–H and O–H groups in total. The molecule has 0 aliphatic heterocycles. The van der Waals surface area contributed by atoms with Gasteiger partial charge in [0.05, 0.1) is 18.7 Å². The summed E-state index contributed by atoms with van der Waals surface area (Å²) in [6, 6.07) is 9.49. The van der Waals surface area contributed by atoms with Crippen molar-refractivity contribution in [2.45, 2.75) is 13.0 Å². The summed E-state index contributed by atoms with van der Waals surface area (Å²) in [5, 5.41) is 9.93. The standard InChI is InChI=1S/C14H16F2N2O/c15-13(16)10-18(7-8-19)9-12-4-1-3-11-5-2-6-17-14(11)12/h1-6,13,19H,7-10H2. The first-order valence-electron chi connectivity index (χ1n) is 6.14. The van der Waals surface area contributed by atoms with Crippen molar-refractivity contribution in [2.75, 3.05) is 19.7 Å². The summed E-state index contributed by atoms with van der Waals surface area (Å²) in [5.74, 6) is 0. The van der Waals surface area contributed by atoms with Gasteiger partial charge < -0.3 is 5.11 Å². The number of para-hydroxylation sites is 1. The molecule has 0 bridgehead atoms. The van der Waals surface area contributed by atoms with Crippen LogP contribution in [-0.4, -0.2) is 41.1 Å². The molecule has 0 saturated heterocycles. The Labute approximate surface area is 110 Å². The molecule has 0 aliphatic rings. The van der Waals surface area contributed by atoms with E-state index in [0.717, 1.165) is 16.5 Å². The van der Waals surface area contributed by atoms with Crippen LogP contribution in [0.2, 0.25) is 0 Å². The van der Waals surface area contributed by atoms with E-state index < -0.39 is 6.43 Å². The highest BCUT2D eigenvalue weighted by Crippen LogP contribution is 2.18. The molecule has 5 heteroatoms. The molecule has 0 saturated carbocycles. The van der Waals surface area contributed by atoms with Crippen LogP contribution in [0.5, 0.6) is 0 Å². The average molecular weight is 266 g/mol. The second-order valence-corrected chi connectivity index (χ2v) is 4.34. The normalized spacial score (nSPS) is 11.6. The summed E-state index contributed by atoms with van der Waals surface area (Å²) in [5.41, 5.74) is 1.72. The fourth-order valence-electron chi connectivity index (χ4n) is 2.11. The second-order valence-electron chi connectivity index (χ2n) is 4.34. The summed E-state index contributed by atoms with van der Waals surface area (Å²) >= 11 is 0. The molecule has 0 aliphatic carbocycles. The number of benzene rings is 1. The number of aliphatic hydroxyl groups excluding tert-OH is 1. The zero-order valence-corrected chi connectivity index (χ0v) is 10.5. The van der Waals surface area contributed by atoms with Crippen molar-refractivity contribution in [1.82, 2.24) is 9.88 Å². The molecule has 0 unspecified atom stereocenters. The molecule has 0 fully saturated rings. The highest BCUT2D eigenvalue weighted by molar-refractivity contribution is 5.81. The number of hydrogen-bond acceptors (Lipinski definition) is 3. The summed E-state index contributed by atoms with van der Waals surface area (Å²) in [6.45, 7) is 0.113. The summed E-state index contributed by atoms with van der Waals surface area (Å²) in [4.78, 5) is 5.83. The molecule has 3 nitrogen and oxygen atoms in total. The van der Waals surface area contributed by atoms with E-state index in [2.05, 4.69) is 4.98 Å². The van der Waals surface area contributed by atoms with Crippen molar-refractivity contribution in [3.05, 3.63) is 42.1 Å². The van der Waals surface area contributed by atoms with E-state index in [9.17, 15) is 8.78 Å². The first kappa shape index (κ1) is 13.8. The van der Waals surface area contributed by atoms with E-state index in [1.54, 1.807) is 6.20 Å². The Morgan fingerprint density at radius 3 is 2.74 bits per heavy atom. The Hall–Kier alpha value is -1.59. The number of aromatic nitrogens is 1. The fraction of sp³-hybridized carbons (Fsp3) is 0.357. The van der Waals surface area contributed by atoms with Crippen LogP contribution in [0.25, 0.3) is 10.9 Å². The monoisotopic (exact) mass is 266 g/mol. The van der Waals surface area contributed by atoms with Crippen LogP contribution < -0.4 is 0 Å². The lowest BCUT2D eigenvalue weighted by Crippen LogP contribution is -2.31. The Morgan fingerprint density at radius 1 is 1.21 bits per heavy atom. The molecule has 2 rings (SSSR count). The van der Waals surface area contributed by atoms with Gasteiger partial charge in [0.1, 0.15) is 0 Å². The summed E-state index contributed by atoms with van der Waals surface area (Å²) in [7, 11) is 0. The maximum Gasteiger partial charge on any atom is 0.251 e. The van der Waals surface area contributed by atoms with E-state index >= 15 is 0 Å². The van der Waals surface area contributed by atoms with Crippen LogP contribution in [0.1, 0.15) is 5.56 Å². The lowest BCUT2D eigenvalue weighted by atomic mass is 10.1. The third-order valence-electron chi connectivity index (χ3n) is 2.92. The van der Waals surface area contributed by atoms with Crippen molar-refractivity contribution in [1.29, 1.82) is 0 Å². The van der Waals surface area contributed by atoms with Gasteiger partial charge in [-0.3, -0.25) is 9.88 Å². The van der Waals surface area contributed by atoms with Gasteiger partial charge in [-0.15, -0.1) is 0 Å². The molecule has 102 valence electrons. The number of pyridine rings is 1. The number of nitrogens with zero attached hydrogens (tertiary/aromatic N) is 2. The SMILES string of the molecule is OCCN(Cc1cccc2cccnc12)CC(F)F. The topological polar surface area (TPSA) is 36.4 Å². The molecule has 0 amide bonds. The smallest absolute Gasteiger partial charge is 0.251 e. The van der Waals surface area contributed by atoms with Crippen molar-refractivity contribution >= 4 is 10.9 Å². The second kappa shape index (κ2) is 6.54. The number of alkyl halides is 2. The number of fused-ring (bicyclic) bond motifs is 1. The van der Waals surface area contributed by atoms with Gasteiger partial charge in [0.2, 0.25) is 0 Å². The van der Waals surface area contributed by atoms with Crippen molar-refractivity contribution in [2.24, 2.45) is 0 Å². The minimum atomic E-state index is -2.41. The van der Waals surface area contributed by atoms with Gasteiger partial charge in [-0.05, 0) is 11.6 Å². The van der Waals surface area contributed by atoms with E-state index in [0.29, 0.717) is 6.54 Å². The molecule has 1 aromatic carbocycles. The quantitative estimate of drug-likeness (QED) is 0.871. The largest absolute Gasteiger partial charge is 0.395 e. The molecule has 1 aromatic heterocycles. The predicted octanol–water partition coefficient (Wildman–Crippen LogP) is 2.29. The highest BCUT2D eigenvalue weighted by atomic mass is 19.3. The van der Waals surface area contributed by atoms with Crippen LogP contribution in [0.15, 0.2) is 36.5 Å². The maximum absolute atomic E-state index is 12.5. The van der Waals surface area contributed by atoms with Gasteiger partial charge in [-0.25, -0.2) is 8.78 Å². The summed E-state index contributed by atoms with van der Waals surface area (Å²) < 4.78 is 25.0. The van der Waals surface area contributed by atoms with Crippen LogP contribution >= 0.6 is 0 Å². The molecular weight excluding hydrogens is 250 g/mol. The molecule has 19 heavy (non-hydrogen) atoms. The van der Waals surface area contributed by atoms with Gasteiger partial charge in [0, 0.05) is 24.7 Å². The molecule has 0 radical (unpaired) electrons. The van der Waals surface area contributed by atoms with Gasteiger partial charge in [0.25, 0.3) is 6.43 Å². The molecular formula is C14H16F2N2O. The minimum absolute atomic E-state index is 0.134. The van der Waals surface area contributed by atoms with Crippen LogP contribution in [0, 0.1) is 0 Å². The Balaban J connectivity index is 2.23. The molecule has 2 aromatic rings. The molecule has 1 heterocycles. The van der Waals surface area contributed by atoms with Crippen LogP contribution in [0.4, 0.5) is 8.78 Å². The van der Waals surface area contributed by atoms with E-state index in [4.69, 9.17) is 5.11 Å². The van der Waals surface area contributed by atoms with E-state index in [1.807, 2.05) is 30.3 Å². The minimum Gasteiger partial charge on any atom is -0.395 e. The van der Waals surface area contributed by atoms with Gasteiger partial charge >= 0.3 is 0 Å². The number of rotatable bonds is 6. The van der Waals surface area contributed by atoms with E-state index in [-0.39, 0.29) is 19.7 Å². The number of hydrogen-bond donors (Lipinski definition) is 1. The van der Waals surface area contributed by atoms with Gasteiger partial charge in [0.15, 0.2) is 0 Å². The predicted molar refractivity (Wildman–Crippen MR) is 70.1 cm³/mol. The van der Waals surface area contributed by atoms with Crippen molar-refractivity contribution in [3.63, 3.8) is 0 Å². The zero-order valence-electron chi connectivity index (χ0n) is 10.5. The number of halogens is 2. The van der Waals surface area contributed by atoms with Gasteiger partial charge in [-0.2, -0.15) is 0 Å².